The summed E-state index contributed by atoms with van der Waals surface area (Å²) in [5.74, 6) is -0.114. The summed E-state index contributed by atoms with van der Waals surface area (Å²) in [6.07, 6.45) is 1.14. The van der Waals surface area contributed by atoms with Crippen LogP contribution in [-0.4, -0.2) is 91.5 Å². The summed E-state index contributed by atoms with van der Waals surface area (Å²) in [6, 6.07) is 6.45. The first-order valence-electron chi connectivity index (χ1n) is 13.1. The number of amides is 2. The van der Waals surface area contributed by atoms with E-state index in [9.17, 15) is 14.4 Å². The molecule has 35 heavy (non-hydrogen) atoms. The van der Waals surface area contributed by atoms with Crippen molar-refractivity contribution < 1.29 is 19.1 Å². The van der Waals surface area contributed by atoms with Gasteiger partial charge in [0, 0.05) is 49.9 Å². The van der Waals surface area contributed by atoms with E-state index in [1.165, 1.54) is 0 Å². The van der Waals surface area contributed by atoms with Crippen LogP contribution < -0.4 is 10.2 Å². The molecule has 3 aliphatic rings. The van der Waals surface area contributed by atoms with E-state index in [2.05, 4.69) is 29.0 Å². The molecule has 0 spiro atoms. The molecule has 0 aromatic heterocycles. The minimum absolute atomic E-state index is 0.0377. The monoisotopic (exact) mass is 484 g/mol. The Labute approximate surface area is 209 Å². The second kappa shape index (κ2) is 11.1. The number of ether oxygens (including phenoxy) is 1. The van der Waals surface area contributed by atoms with Crippen molar-refractivity contribution in [3.8, 4) is 0 Å². The molecule has 0 radical (unpaired) electrons. The molecule has 1 aromatic rings. The molecule has 8 nitrogen and oxygen atoms in total. The van der Waals surface area contributed by atoms with E-state index in [-0.39, 0.29) is 42.1 Å². The molecule has 0 aliphatic carbocycles. The Kier molecular flexibility index (Phi) is 8.12. The maximum atomic E-state index is 13.6. The minimum atomic E-state index is -0.672. The van der Waals surface area contributed by atoms with E-state index in [4.69, 9.17) is 4.74 Å². The molecule has 3 aliphatic heterocycles. The van der Waals surface area contributed by atoms with Crippen molar-refractivity contribution in [1.29, 1.82) is 0 Å². The van der Waals surface area contributed by atoms with Crippen molar-refractivity contribution >= 4 is 23.3 Å². The molecule has 3 fully saturated rings. The van der Waals surface area contributed by atoms with Crippen LogP contribution in [0.1, 0.15) is 50.9 Å². The van der Waals surface area contributed by atoms with E-state index in [0.717, 1.165) is 44.8 Å². The predicted molar refractivity (Wildman–Crippen MR) is 136 cm³/mol. The summed E-state index contributed by atoms with van der Waals surface area (Å²) >= 11 is 0. The fraction of sp³-hybridized carbons (Fsp3) is 0.667. The third kappa shape index (κ3) is 5.54. The zero-order valence-corrected chi connectivity index (χ0v) is 21.5. The molecule has 1 aromatic carbocycles. The highest BCUT2D eigenvalue weighted by molar-refractivity contribution is 5.99. The Bertz CT molecular complexity index is 910. The number of nitrogens with one attached hydrogen (secondary N) is 1. The van der Waals surface area contributed by atoms with Gasteiger partial charge in [-0.3, -0.25) is 14.4 Å². The number of ketones is 1. The summed E-state index contributed by atoms with van der Waals surface area (Å²) in [7, 11) is 0. The predicted octanol–water partition coefficient (Wildman–Crippen LogP) is 2.18. The number of fused-ring (bicyclic) bond motifs is 1. The lowest BCUT2D eigenvalue weighted by Gasteiger charge is -2.35. The third-order valence-corrected chi connectivity index (χ3v) is 7.72. The molecule has 4 atom stereocenters. The topological polar surface area (TPSA) is 82.2 Å². The number of nitrogens with zero attached hydrogens (tertiary/aromatic N) is 3. The fourth-order valence-corrected chi connectivity index (χ4v) is 5.62. The Morgan fingerprint density at radius 2 is 1.77 bits per heavy atom. The minimum Gasteiger partial charge on any atom is -0.369 e. The largest absolute Gasteiger partial charge is 0.369 e. The molecule has 3 saturated heterocycles. The highest BCUT2D eigenvalue weighted by Crippen LogP contribution is 2.34. The van der Waals surface area contributed by atoms with Crippen LogP contribution in [0.5, 0.6) is 0 Å². The van der Waals surface area contributed by atoms with Gasteiger partial charge in [-0.2, -0.15) is 0 Å². The van der Waals surface area contributed by atoms with Crippen LogP contribution in [0.4, 0.5) is 5.69 Å². The zero-order chi connectivity index (χ0) is 25.1. The van der Waals surface area contributed by atoms with E-state index in [0.29, 0.717) is 18.5 Å². The van der Waals surface area contributed by atoms with E-state index in [1.54, 1.807) is 4.90 Å². The lowest BCUT2D eigenvalue weighted by Crippen LogP contribution is -2.52. The van der Waals surface area contributed by atoms with Crippen LogP contribution in [0.25, 0.3) is 0 Å². The number of carbonyl (C=O) groups is 3. The van der Waals surface area contributed by atoms with Crippen molar-refractivity contribution in [2.75, 3.05) is 50.8 Å². The van der Waals surface area contributed by atoms with Crippen LogP contribution >= 0.6 is 0 Å². The summed E-state index contributed by atoms with van der Waals surface area (Å²) < 4.78 is 5.72. The third-order valence-electron chi connectivity index (χ3n) is 7.72. The number of piperazine rings is 1. The average molecular weight is 485 g/mol. The first kappa shape index (κ1) is 25.6. The van der Waals surface area contributed by atoms with Gasteiger partial charge in [0.15, 0.2) is 5.78 Å². The molecular formula is C27H40N4O4. The number of hydrogen-bond donors (Lipinski definition) is 1. The second-order valence-electron chi connectivity index (χ2n) is 10.5. The molecule has 192 valence electrons. The van der Waals surface area contributed by atoms with Gasteiger partial charge in [-0.05, 0) is 49.6 Å². The van der Waals surface area contributed by atoms with Crippen LogP contribution in [0, 0.1) is 11.8 Å². The average Bonchev–Trinajstić information content (AvgIpc) is 3.43. The van der Waals surface area contributed by atoms with Gasteiger partial charge in [-0.15, -0.1) is 0 Å². The summed E-state index contributed by atoms with van der Waals surface area (Å²) in [5, 5.41) is 2.98. The van der Waals surface area contributed by atoms with Gasteiger partial charge in [0.2, 0.25) is 5.91 Å². The highest BCUT2D eigenvalue weighted by Gasteiger charge is 2.52. The van der Waals surface area contributed by atoms with Crippen LogP contribution in [0.15, 0.2) is 24.3 Å². The van der Waals surface area contributed by atoms with Crippen LogP contribution in [-0.2, 0) is 14.3 Å². The molecule has 1 unspecified atom stereocenters. The summed E-state index contributed by atoms with van der Waals surface area (Å²) in [6.45, 7) is 14.0. The van der Waals surface area contributed by atoms with Crippen molar-refractivity contribution in [3.63, 3.8) is 0 Å². The van der Waals surface area contributed by atoms with Crippen molar-refractivity contribution in [2.24, 2.45) is 11.8 Å². The summed E-state index contributed by atoms with van der Waals surface area (Å²) in [5.41, 5.74) is 1.65. The first-order chi connectivity index (χ1) is 16.8. The molecule has 4 rings (SSSR count). The molecular weight excluding hydrogens is 444 g/mol. The highest BCUT2D eigenvalue weighted by atomic mass is 16.5. The van der Waals surface area contributed by atoms with Gasteiger partial charge in [-0.25, -0.2) is 0 Å². The Hall–Kier alpha value is -2.45. The molecule has 1 N–H and O–H groups in total. The van der Waals surface area contributed by atoms with E-state index < -0.39 is 12.1 Å². The van der Waals surface area contributed by atoms with Gasteiger partial charge < -0.3 is 24.8 Å². The number of likely N-dealkylation sites (tertiary alicyclic amines) is 1. The normalized spacial score (nSPS) is 25.7. The molecule has 0 saturated carbocycles. The van der Waals surface area contributed by atoms with Crippen LogP contribution in [0.2, 0.25) is 0 Å². The summed E-state index contributed by atoms with van der Waals surface area (Å²) in [4.78, 5) is 45.7. The molecule has 2 amide bonds. The standard InChI is InChI=1S/C27H40N4O4/c1-5-19-16-31(24-23(32)17-35-25(19)24)27(34)22(15-18(3)4)28-26(33)20-7-9-21(10-8-20)30-13-11-29(6-2)12-14-30/h7-10,18-19,22,24-25H,5-6,11-17H2,1-4H3,(H,28,33)/t19-,22?,24-,25-/m1/s1. The van der Waals surface area contributed by atoms with Crippen molar-refractivity contribution in [3.05, 3.63) is 29.8 Å². The van der Waals surface area contributed by atoms with Gasteiger partial charge in [0.1, 0.15) is 18.7 Å². The SMILES string of the molecule is CC[C@@H]1CN(C(=O)C(CC(C)C)NC(=O)c2ccc(N3CCN(CC)CC3)cc2)[C@@H]2C(=O)CO[C@H]12. The van der Waals surface area contributed by atoms with Gasteiger partial charge in [0.05, 0.1) is 6.10 Å². The van der Waals surface area contributed by atoms with Crippen LogP contribution in [0.3, 0.4) is 0 Å². The second-order valence-corrected chi connectivity index (χ2v) is 10.5. The number of anilines is 1. The molecule has 8 heteroatoms. The van der Waals surface area contributed by atoms with Gasteiger partial charge in [-0.1, -0.05) is 27.7 Å². The maximum absolute atomic E-state index is 13.6. The van der Waals surface area contributed by atoms with E-state index >= 15 is 0 Å². The van der Waals surface area contributed by atoms with E-state index in [1.807, 2.05) is 38.1 Å². The number of Topliss-reactive ketones (excluding diaryl/α,β-unsaturated/α-hetero) is 1. The number of hydrogen-bond acceptors (Lipinski definition) is 6. The lowest BCUT2D eigenvalue weighted by molar-refractivity contribution is -0.138. The fourth-order valence-electron chi connectivity index (χ4n) is 5.62. The zero-order valence-electron chi connectivity index (χ0n) is 21.5. The molecule has 0 bridgehead atoms. The van der Waals surface area contributed by atoms with Crippen molar-refractivity contribution in [2.45, 2.75) is 58.7 Å². The van der Waals surface area contributed by atoms with Gasteiger partial charge in [0.25, 0.3) is 5.91 Å². The number of likely N-dealkylation sites (N-methyl/N-ethyl adjacent to an activating group) is 1. The van der Waals surface area contributed by atoms with Crippen molar-refractivity contribution in [1.82, 2.24) is 15.1 Å². The first-order valence-corrected chi connectivity index (χ1v) is 13.1. The molecule has 3 heterocycles. The Morgan fingerprint density at radius 3 is 2.37 bits per heavy atom. The van der Waals surface area contributed by atoms with Gasteiger partial charge >= 0.3 is 0 Å². The lowest BCUT2D eigenvalue weighted by atomic mass is 9.99. The Morgan fingerprint density at radius 1 is 1.09 bits per heavy atom. The maximum Gasteiger partial charge on any atom is 0.251 e. The quantitative estimate of drug-likeness (QED) is 0.609. The smallest absolute Gasteiger partial charge is 0.251 e. The Balaban J connectivity index is 1.43. The number of benzene rings is 1. The number of carbonyl (C=O) groups excluding carboxylic acids is 3. The number of rotatable bonds is 8.